The second kappa shape index (κ2) is 5.52. The first kappa shape index (κ1) is 19.4. The fourth-order valence-electron chi connectivity index (χ4n) is 5.85. The van der Waals surface area contributed by atoms with Crippen LogP contribution in [0.2, 0.25) is 0 Å². The van der Waals surface area contributed by atoms with Gasteiger partial charge < -0.3 is 5.11 Å². The molecule has 164 valence electrons. The molecule has 0 radical (unpaired) electrons. The van der Waals surface area contributed by atoms with E-state index in [1.807, 2.05) is 12.1 Å². The van der Waals surface area contributed by atoms with Crippen LogP contribution >= 0.6 is 0 Å². The fourth-order valence-corrected chi connectivity index (χ4v) is 9.41. The maximum Gasteiger partial charge on any atom is 0.302 e. The van der Waals surface area contributed by atoms with E-state index in [4.69, 9.17) is 4.18 Å². The minimum Gasteiger partial charge on any atom is -0.357 e. The highest BCUT2D eigenvalue weighted by Crippen LogP contribution is 2.67. The number of aliphatic hydroxyl groups is 1. The highest BCUT2D eigenvalue weighted by atomic mass is 32.3. The van der Waals surface area contributed by atoms with E-state index in [2.05, 4.69) is 0 Å². The fraction of sp³-hybridized carbons (Fsp3) is 0.0833. The van der Waals surface area contributed by atoms with Crippen molar-refractivity contribution in [2.75, 3.05) is 0 Å². The highest BCUT2D eigenvalue weighted by molar-refractivity contribution is 8.05. The second-order valence-electron chi connectivity index (χ2n) is 8.44. The molecule has 0 aromatic heterocycles. The van der Waals surface area contributed by atoms with Crippen molar-refractivity contribution >= 4 is 52.9 Å². The summed E-state index contributed by atoms with van der Waals surface area (Å²) in [5.74, 6) is -2.45. The molecule has 1 aliphatic heterocycles. The topological polar surface area (TPSA) is 118 Å². The van der Waals surface area contributed by atoms with Gasteiger partial charge in [0.1, 0.15) is 0 Å². The Morgan fingerprint density at radius 2 is 1.21 bits per heavy atom. The minimum absolute atomic E-state index is 0.00505. The SMILES string of the molecule is O=S(=O)(O)C12C(=C3c4cccc5cccc(c45)C3(O)OS1(=O)=O)c1cccc3cccc2c13. The summed E-state index contributed by atoms with van der Waals surface area (Å²) in [6, 6.07) is 19.9. The van der Waals surface area contributed by atoms with E-state index < -0.39 is 30.1 Å². The van der Waals surface area contributed by atoms with Crippen LogP contribution in [0.25, 0.3) is 32.7 Å². The summed E-state index contributed by atoms with van der Waals surface area (Å²) in [5, 5.41) is 14.1. The van der Waals surface area contributed by atoms with Crippen molar-refractivity contribution in [2.45, 2.75) is 9.87 Å². The van der Waals surface area contributed by atoms with Crippen LogP contribution in [0, 0.1) is 0 Å². The molecule has 7 rings (SSSR count). The van der Waals surface area contributed by atoms with Crippen molar-refractivity contribution in [1.82, 2.24) is 0 Å². The Kier molecular flexibility index (Phi) is 3.24. The van der Waals surface area contributed by atoms with Gasteiger partial charge in [-0.25, -0.2) is 4.18 Å². The molecule has 4 aromatic rings. The van der Waals surface area contributed by atoms with Gasteiger partial charge in [-0.1, -0.05) is 72.8 Å². The summed E-state index contributed by atoms with van der Waals surface area (Å²) in [6.07, 6.45) is 0. The van der Waals surface area contributed by atoms with Crippen LogP contribution in [-0.4, -0.2) is 26.5 Å². The average Bonchev–Trinajstić information content (AvgIpc) is 3.19. The molecule has 9 heteroatoms. The van der Waals surface area contributed by atoms with E-state index >= 15 is 0 Å². The van der Waals surface area contributed by atoms with Gasteiger partial charge in [-0.15, -0.1) is 0 Å². The standard InChI is InChI=1S/C24H14O7S2/c25-23-17-11-3-7-13-5-1-9-15(19(13)17)21(23)22-16-10-2-6-14-8-4-12-18(20(14)16)24(22,32(26,27)28)33(29,30)31-23/h1-12,25H,(H,26,27,28). The number of hydrogen-bond acceptors (Lipinski definition) is 6. The number of benzene rings is 4. The lowest BCUT2D eigenvalue weighted by Crippen LogP contribution is -2.51. The first-order chi connectivity index (χ1) is 15.6. The predicted molar refractivity (Wildman–Crippen MR) is 122 cm³/mol. The smallest absolute Gasteiger partial charge is 0.302 e. The maximum absolute atomic E-state index is 13.8. The second-order valence-corrected chi connectivity index (χ2v) is 11.9. The van der Waals surface area contributed by atoms with Crippen molar-refractivity contribution in [2.24, 2.45) is 0 Å². The molecule has 0 bridgehead atoms. The molecule has 2 atom stereocenters. The molecular formula is C24H14O7S2. The molecule has 33 heavy (non-hydrogen) atoms. The van der Waals surface area contributed by atoms with E-state index in [-0.39, 0.29) is 22.3 Å². The van der Waals surface area contributed by atoms with E-state index in [0.29, 0.717) is 27.3 Å². The van der Waals surface area contributed by atoms with E-state index in [9.17, 15) is 26.5 Å². The predicted octanol–water partition coefficient (Wildman–Crippen LogP) is 3.48. The molecule has 7 nitrogen and oxygen atoms in total. The third-order valence-corrected chi connectivity index (χ3v) is 10.9. The van der Waals surface area contributed by atoms with Gasteiger partial charge in [0.05, 0.1) is 0 Å². The van der Waals surface area contributed by atoms with Crippen molar-refractivity contribution in [3.63, 3.8) is 0 Å². The average molecular weight is 479 g/mol. The molecule has 0 saturated carbocycles. The molecule has 3 aliphatic rings. The van der Waals surface area contributed by atoms with Crippen LogP contribution < -0.4 is 0 Å². The molecule has 0 amide bonds. The summed E-state index contributed by atoms with van der Waals surface area (Å²) < 4.78 is 66.8. The van der Waals surface area contributed by atoms with Crippen LogP contribution in [0.4, 0.5) is 0 Å². The Labute approximate surface area is 188 Å². The Morgan fingerprint density at radius 3 is 1.79 bits per heavy atom. The molecule has 1 heterocycles. The van der Waals surface area contributed by atoms with Crippen LogP contribution in [0.1, 0.15) is 22.3 Å². The summed E-state index contributed by atoms with van der Waals surface area (Å²) >= 11 is 0. The highest BCUT2D eigenvalue weighted by Gasteiger charge is 2.71. The summed E-state index contributed by atoms with van der Waals surface area (Å²) in [5.41, 5.74) is 0.651. The van der Waals surface area contributed by atoms with Crippen molar-refractivity contribution in [3.05, 3.63) is 95.1 Å². The quantitative estimate of drug-likeness (QED) is 0.318. The van der Waals surface area contributed by atoms with E-state index in [0.717, 1.165) is 5.39 Å². The van der Waals surface area contributed by atoms with Gasteiger partial charge in [0.25, 0.3) is 14.2 Å². The Morgan fingerprint density at radius 1 is 0.727 bits per heavy atom. The normalized spacial score (nSPS) is 26.6. The van der Waals surface area contributed by atoms with Gasteiger partial charge in [0.2, 0.25) is 5.79 Å². The van der Waals surface area contributed by atoms with Gasteiger partial charge in [-0.3, -0.25) is 4.55 Å². The first-order valence-corrected chi connectivity index (χ1v) is 12.9. The molecule has 0 saturated heterocycles. The molecule has 0 fully saturated rings. The zero-order valence-corrected chi connectivity index (χ0v) is 18.3. The van der Waals surface area contributed by atoms with Crippen molar-refractivity contribution in [3.8, 4) is 0 Å². The van der Waals surface area contributed by atoms with Gasteiger partial charge >= 0.3 is 10.1 Å². The Bertz CT molecular complexity index is 1840. The third kappa shape index (κ3) is 1.90. The number of rotatable bonds is 1. The summed E-state index contributed by atoms with van der Waals surface area (Å²) in [7, 11) is -10.5. The first-order valence-electron chi connectivity index (χ1n) is 10.1. The van der Waals surface area contributed by atoms with Crippen LogP contribution in [0.5, 0.6) is 0 Å². The monoisotopic (exact) mass is 478 g/mol. The van der Waals surface area contributed by atoms with Gasteiger partial charge in [-0.2, -0.15) is 16.8 Å². The van der Waals surface area contributed by atoms with Crippen molar-refractivity contribution < 1.29 is 30.7 Å². The molecule has 2 N–H and O–H groups in total. The molecule has 4 aromatic carbocycles. The Balaban J connectivity index is 1.83. The zero-order valence-electron chi connectivity index (χ0n) is 16.7. The lowest BCUT2D eigenvalue weighted by Gasteiger charge is -2.40. The van der Waals surface area contributed by atoms with Crippen molar-refractivity contribution in [1.29, 1.82) is 0 Å². The van der Waals surface area contributed by atoms with Gasteiger partial charge in [0, 0.05) is 22.3 Å². The molecule has 2 unspecified atom stereocenters. The summed E-state index contributed by atoms with van der Waals surface area (Å²) in [6.45, 7) is 0. The molecule has 2 aliphatic carbocycles. The Hall–Kier alpha value is -3.08. The number of fused-ring (bicyclic) bond motifs is 6. The van der Waals surface area contributed by atoms with E-state index in [1.54, 1.807) is 48.5 Å². The largest absolute Gasteiger partial charge is 0.357 e. The lowest BCUT2D eigenvalue weighted by atomic mass is 9.91. The zero-order chi connectivity index (χ0) is 23.0. The molecule has 0 spiro atoms. The van der Waals surface area contributed by atoms with Crippen LogP contribution in [0.3, 0.4) is 0 Å². The lowest BCUT2D eigenvalue weighted by molar-refractivity contribution is -0.0855. The van der Waals surface area contributed by atoms with E-state index in [1.165, 1.54) is 12.1 Å². The maximum atomic E-state index is 13.8. The third-order valence-electron chi connectivity index (χ3n) is 6.93. The minimum atomic E-state index is -5.35. The van der Waals surface area contributed by atoms with Crippen LogP contribution in [-0.2, 0) is 34.3 Å². The van der Waals surface area contributed by atoms with Gasteiger partial charge in [0.15, 0.2) is 0 Å². The number of hydrogen-bond donors (Lipinski definition) is 2. The summed E-state index contributed by atoms with van der Waals surface area (Å²) in [4.78, 5) is 0. The molecular weight excluding hydrogens is 464 g/mol. The van der Waals surface area contributed by atoms with Crippen LogP contribution in [0.15, 0.2) is 72.8 Å². The van der Waals surface area contributed by atoms with Gasteiger partial charge in [-0.05, 0) is 32.7 Å².